The maximum absolute atomic E-state index is 14.4. The van der Waals surface area contributed by atoms with Crippen molar-refractivity contribution in [1.29, 1.82) is 0 Å². The first-order valence-electron chi connectivity index (χ1n) is 12.7. The summed E-state index contributed by atoms with van der Waals surface area (Å²) in [5.41, 5.74) is 7.09. The lowest BCUT2D eigenvalue weighted by atomic mass is 9.93. The summed E-state index contributed by atoms with van der Waals surface area (Å²) in [5.74, 6) is -2.30. The summed E-state index contributed by atoms with van der Waals surface area (Å²) in [6.45, 7) is 3.43. The van der Waals surface area contributed by atoms with Gasteiger partial charge in [0.2, 0.25) is 0 Å². The quantitative estimate of drug-likeness (QED) is 0.417. The molecule has 1 saturated carbocycles. The zero-order chi connectivity index (χ0) is 26.6. The summed E-state index contributed by atoms with van der Waals surface area (Å²) < 4.78 is 31.3. The summed E-state index contributed by atoms with van der Waals surface area (Å²) >= 11 is 0. The third kappa shape index (κ3) is 4.03. The fourth-order valence-electron chi connectivity index (χ4n) is 5.22. The van der Waals surface area contributed by atoms with Gasteiger partial charge in [0.15, 0.2) is 11.6 Å². The molecule has 9 nitrogen and oxygen atoms in total. The second-order valence-electron chi connectivity index (χ2n) is 10.1. The minimum absolute atomic E-state index is 0.0172. The first-order valence-corrected chi connectivity index (χ1v) is 12.7. The number of nitrogens with two attached hydrogens (primary N) is 1. The topological polar surface area (TPSA) is 111 Å². The van der Waals surface area contributed by atoms with Gasteiger partial charge >= 0.3 is 0 Å². The number of anilines is 2. The van der Waals surface area contributed by atoms with Gasteiger partial charge in [0.1, 0.15) is 11.4 Å². The van der Waals surface area contributed by atoms with Crippen molar-refractivity contribution in [2.45, 2.75) is 38.3 Å². The molecular weight excluding hydrogens is 492 g/mol. The van der Waals surface area contributed by atoms with E-state index in [0.29, 0.717) is 29.5 Å². The molecule has 11 heteroatoms. The zero-order valence-corrected chi connectivity index (χ0v) is 20.8. The molecule has 3 heterocycles. The Morgan fingerprint density at radius 3 is 2.47 bits per heavy atom. The van der Waals surface area contributed by atoms with Crippen LogP contribution in [0.1, 0.15) is 42.7 Å². The number of para-hydroxylation sites is 1. The van der Waals surface area contributed by atoms with Gasteiger partial charge in [0.25, 0.3) is 11.5 Å². The Labute approximate surface area is 216 Å². The number of halogens is 2. The van der Waals surface area contributed by atoms with Crippen molar-refractivity contribution in [2.24, 2.45) is 11.7 Å². The van der Waals surface area contributed by atoms with Gasteiger partial charge in [-0.05, 0) is 55.5 Å². The SMILES string of the molecule is C[C@@H]1CN(c2c(NC(=O)c3ccc(=O)n(-c4c(F)cccc4F)n3)ccc3c2cnn3C2CCC2)C[C@@H]1N. The molecule has 4 aromatic rings. The van der Waals surface area contributed by atoms with Crippen LogP contribution in [0.4, 0.5) is 20.2 Å². The Bertz CT molecular complexity index is 1580. The molecule has 6 rings (SSSR count). The monoisotopic (exact) mass is 519 g/mol. The smallest absolute Gasteiger partial charge is 0.276 e. The zero-order valence-electron chi connectivity index (χ0n) is 20.8. The van der Waals surface area contributed by atoms with E-state index in [1.807, 2.05) is 23.0 Å². The number of fused-ring (bicyclic) bond motifs is 1. The molecular formula is C27H27F2N7O2. The Kier molecular flexibility index (Phi) is 5.94. The molecule has 0 radical (unpaired) electrons. The summed E-state index contributed by atoms with van der Waals surface area (Å²) in [4.78, 5) is 27.9. The summed E-state index contributed by atoms with van der Waals surface area (Å²) in [7, 11) is 0. The lowest BCUT2D eigenvalue weighted by Crippen LogP contribution is -2.29. The molecule has 2 aromatic heterocycles. The molecule has 3 N–H and O–H groups in total. The summed E-state index contributed by atoms with van der Waals surface area (Å²) in [6.07, 6.45) is 5.17. The Morgan fingerprint density at radius 2 is 1.82 bits per heavy atom. The minimum atomic E-state index is -0.965. The van der Waals surface area contributed by atoms with Crippen LogP contribution in [0.2, 0.25) is 0 Å². The summed E-state index contributed by atoms with van der Waals surface area (Å²) in [5, 5.41) is 12.4. The predicted octanol–water partition coefficient (Wildman–Crippen LogP) is 3.62. The van der Waals surface area contributed by atoms with E-state index in [9.17, 15) is 18.4 Å². The number of benzene rings is 2. The van der Waals surface area contributed by atoms with Gasteiger partial charge < -0.3 is 16.0 Å². The number of nitrogens with one attached hydrogen (secondary N) is 1. The van der Waals surface area contributed by atoms with Crippen molar-refractivity contribution in [1.82, 2.24) is 19.6 Å². The molecule has 0 spiro atoms. The van der Waals surface area contributed by atoms with Gasteiger partial charge in [-0.15, -0.1) is 0 Å². The van der Waals surface area contributed by atoms with Gasteiger partial charge in [-0.25, -0.2) is 8.78 Å². The number of hydrogen-bond acceptors (Lipinski definition) is 6. The standard InChI is InChI=1S/C27H27F2N7O2/c1-15-13-34(14-20(15)30)25-17-12-31-35(16-4-2-5-16)23(17)10-8-21(25)32-27(38)22-9-11-24(37)36(33-22)26-18(28)6-3-7-19(26)29/h3,6-12,15-16,20H,2,4-5,13-14,30H2,1H3,(H,32,38)/t15-,20+/m1/s1. The average molecular weight is 520 g/mol. The highest BCUT2D eigenvalue weighted by molar-refractivity contribution is 6.09. The molecule has 2 atom stereocenters. The second kappa shape index (κ2) is 9.32. The normalized spacial score (nSPS) is 19.6. The highest BCUT2D eigenvalue weighted by Gasteiger charge is 2.31. The van der Waals surface area contributed by atoms with E-state index >= 15 is 0 Å². The summed E-state index contributed by atoms with van der Waals surface area (Å²) in [6, 6.07) is 9.62. The van der Waals surface area contributed by atoms with Crippen LogP contribution in [-0.4, -0.2) is 44.6 Å². The van der Waals surface area contributed by atoms with Crippen LogP contribution in [0.5, 0.6) is 0 Å². The fourth-order valence-corrected chi connectivity index (χ4v) is 5.22. The van der Waals surface area contributed by atoms with E-state index in [1.165, 1.54) is 18.6 Å². The van der Waals surface area contributed by atoms with Crippen molar-refractivity contribution in [3.8, 4) is 5.69 Å². The van der Waals surface area contributed by atoms with E-state index < -0.39 is 28.8 Å². The molecule has 0 bridgehead atoms. The number of nitrogens with zero attached hydrogens (tertiary/aromatic N) is 5. The van der Waals surface area contributed by atoms with Crippen LogP contribution in [0.25, 0.3) is 16.6 Å². The van der Waals surface area contributed by atoms with E-state index in [0.717, 1.165) is 47.6 Å². The van der Waals surface area contributed by atoms with Crippen LogP contribution in [0.3, 0.4) is 0 Å². The van der Waals surface area contributed by atoms with E-state index in [-0.39, 0.29) is 17.7 Å². The Hall–Kier alpha value is -4.12. The molecule has 2 aromatic carbocycles. The number of aromatic nitrogens is 4. The van der Waals surface area contributed by atoms with Crippen molar-refractivity contribution >= 4 is 28.2 Å². The van der Waals surface area contributed by atoms with Crippen molar-refractivity contribution < 1.29 is 13.6 Å². The van der Waals surface area contributed by atoms with Crippen molar-refractivity contribution in [3.63, 3.8) is 0 Å². The molecule has 2 aliphatic rings. The number of carbonyl (C=O) groups is 1. The molecule has 38 heavy (non-hydrogen) atoms. The van der Waals surface area contributed by atoms with E-state index in [4.69, 9.17) is 5.73 Å². The first kappa shape index (κ1) is 24.2. The maximum Gasteiger partial charge on any atom is 0.276 e. The fraction of sp³-hybridized carbons (Fsp3) is 0.333. The number of carbonyl (C=O) groups excluding carboxylic acids is 1. The van der Waals surface area contributed by atoms with E-state index in [2.05, 4.69) is 27.3 Å². The number of rotatable bonds is 5. The molecule has 1 aliphatic heterocycles. The highest BCUT2D eigenvalue weighted by Crippen LogP contribution is 2.40. The molecule has 1 aliphatic carbocycles. The van der Waals surface area contributed by atoms with Gasteiger partial charge in [-0.3, -0.25) is 14.3 Å². The number of amides is 1. The average Bonchev–Trinajstić information content (AvgIpc) is 3.41. The van der Waals surface area contributed by atoms with Crippen LogP contribution in [0.15, 0.2) is 53.5 Å². The third-order valence-corrected chi connectivity index (χ3v) is 7.59. The molecule has 1 saturated heterocycles. The third-order valence-electron chi connectivity index (χ3n) is 7.59. The van der Waals surface area contributed by atoms with Gasteiger partial charge in [-0.1, -0.05) is 13.0 Å². The van der Waals surface area contributed by atoms with Crippen molar-refractivity contribution in [2.75, 3.05) is 23.3 Å². The lowest BCUT2D eigenvalue weighted by molar-refractivity contribution is 0.102. The lowest BCUT2D eigenvalue weighted by Gasteiger charge is -2.27. The highest BCUT2D eigenvalue weighted by atomic mass is 19.1. The van der Waals surface area contributed by atoms with Crippen molar-refractivity contribution in [3.05, 3.63) is 76.3 Å². The molecule has 0 unspecified atom stereocenters. The van der Waals surface area contributed by atoms with Gasteiger partial charge in [-0.2, -0.15) is 14.9 Å². The number of hydrogen-bond donors (Lipinski definition) is 2. The largest absolute Gasteiger partial charge is 0.367 e. The van der Waals surface area contributed by atoms with Crippen LogP contribution in [-0.2, 0) is 0 Å². The van der Waals surface area contributed by atoms with E-state index in [1.54, 1.807) is 0 Å². The first-order chi connectivity index (χ1) is 18.3. The van der Waals surface area contributed by atoms with Crippen LogP contribution in [0, 0.1) is 17.6 Å². The maximum atomic E-state index is 14.4. The minimum Gasteiger partial charge on any atom is -0.367 e. The Balaban J connectivity index is 1.39. The molecule has 196 valence electrons. The molecule has 1 amide bonds. The van der Waals surface area contributed by atoms with Gasteiger partial charge in [0, 0.05) is 30.6 Å². The molecule has 2 fully saturated rings. The van der Waals surface area contributed by atoms with Gasteiger partial charge in [0.05, 0.1) is 29.1 Å². The Morgan fingerprint density at radius 1 is 1.05 bits per heavy atom. The predicted molar refractivity (Wildman–Crippen MR) is 140 cm³/mol. The van der Waals surface area contributed by atoms with Crippen LogP contribution >= 0.6 is 0 Å². The second-order valence-corrected chi connectivity index (χ2v) is 10.1. The van der Waals surface area contributed by atoms with Crippen LogP contribution < -0.4 is 21.5 Å².